The minimum atomic E-state index is -0.464. The average Bonchev–Trinajstić information content (AvgIpc) is 2.87. The van der Waals surface area contributed by atoms with Gasteiger partial charge in [-0.3, -0.25) is 0 Å². The van der Waals surface area contributed by atoms with E-state index in [4.69, 9.17) is 14.2 Å². The van der Waals surface area contributed by atoms with Crippen molar-refractivity contribution in [3.05, 3.63) is 0 Å². The summed E-state index contributed by atoms with van der Waals surface area (Å²) < 4.78 is 16.0. The molecule has 0 aromatic rings. The van der Waals surface area contributed by atoms with E-state index in [2.05, 4.69) is 5.32 Å². The summed E-state index contributed by atoms with van der Waals surface area (Å²) in [6, 6.07) is 0. The maximum absolute atomic E-state index is 11.4. The van der Waals surface area contributed by atoms with Gasteiger partial charge in [-0.05, 0) is 27.2 Å². The summed E-state index contributed by atoms with van der Waals surface area (Å²) in [7, 11) is 0. The Balaban J connectivity index is 1.74. The quantitative estimate of drug-likeness (QED) is 0.719. The lowest BCUT2D eigenvalue weighted by atomic mass is 10.0. The molecular formula is C11H19NO4. The zero-order chi connectivity index (χ0) is 11.8. The van der Waals surface area contributed by atoms with Crippen LogP contribution in [0.1, 0.15) is 27.2 Å². The highest BCUT2D eigenvalue weighted by molar-refractivity contribution is 5.67. The van der Waals surface area contributed by atoms with Crippen LogP contribution in [0.15, 0.2) is 0 Å². The van der Waals surface area contributed by atoms with Crippen molar-refractivity contribution in [3.8, 4) is 0 Å². The van der Waals surface area contributed by atoms with Gasteiger partial charge >= 0.3 is 6.09 Å². The minimum absolute atomic E-state index is 0.246. The molecule has 1 N–H and O–H groups in total. The van der Waals surface area contributed by atoms with Gasteiger partial charge in [0.15, 0.2) is 0 Å². The lowest BCUT2D eigenvalue weighted by Gasteiger charge is -2.22. The van der Waals surface area contributed by atoms with Gasteiger partial charge < -0.3 is 19.5 Å². The summed E-state index contributed by atoms with van der Waals surface area (Å²) in [5, 5.41) is 2.72. The van der Waals surface area contributed by atoms with E-state index in [-0.39, 0.29) is 11.7 Å². The number of rotatable bonds is 2. The Hall–Kier alpha value is -0.810. The van der Waals surface area contributed by atoms with Crippen LogP contribution in [0.5, 0.6) is 0 Å². The van der Waals surface area contributed by atoms with Crippen LogP contribution in [0.25, 0.3) is 0 Å². The third-order valence-electron chi connectivity index (χ3n) is 2.71. The molecule has 0 aromatic carbocycles. The molecule has 0 spiro atoms. The maximum Gasteiger partial charge on any atom is 0.407 e. The molecule has 2 heterocycles. The third-order valence-corrected chi connectivity index (χ3v) is 2.71. The topological polar surface area (TPSA) is 60.1 Å². The van der Waals surface area contributed by atoms with E-state index in [1.54, 1.807) is 0 Å². The van der Waals surface area contributed by atoms with Gasteiger partial charge in [0.2, 0.25) is 0 Å². The third kappa shape index (κ3) is 2.65. The summed E-state index contributed by atoms with van der Waals surface area (Å²) in [6.45, 7) is 7.29. The second-order valence-electron chi connectivity index (χ2n) is 5.37. The van der Waals surface area contributed by atoms with Crippen molar-refractivity contribution < 1.29 is 19.0 Å². The molecule has 0 aliphatic carbocycles. The molecule has 0 saturated carbocycles. The zero-order valence-corrected chi connectivity index (χ0v) is 10.0. The molecule has 5 heteroatoms. The number of nitrogens with one attached hydrogen (secondary N) is 1. The first kappa shape index (κ1) is 11.7. The van der Waals surface area contributed by atoms with E-state index in [0.717, 1.165) is 13.0 Å². The molecule has 2 saturated heterocycles. The van der Waals surface area contributed by atoms with Crippen molar-refractivity contribution in [1.82, 2.24) is 5.32 Å². The molecule has 0 aromatic heterocycles. The van der Waals surface area contributed by atoms with Crippen LogP contribution >= 0.6 is 0 Å². The second kappa shape index (κ2) is 3.89. The minimum Gasteiger partial charge on any atom is -0.444 e. The average molecular weight is 229 g/mol. The summed E-state index contributed by atoms with van der Waals surface area (Å²) >= 11 is 0. The Bertz CT molecular complexity index is 286. The van der Waals surface area contributed by atoms with E-state index < -0.39 is 11.7 Å². The Morgan fingerprint density at radius 2 is 2.31 bits per heavy atom. The molecule has 5 nitrogen and oxygen atoms in total. The van der Waals surface area contributed by atoms with Crippen molar-refractivity contribution in [2.45, 2.75) is 44.5 Å². The molecule has 0 radical (unpaired) electrons. The summed E-state index contributed by atoms with van der Waals surface area (Å²) in [6.07, 6.45) is 0.758. The smallest absolute Gasteiger partial charge is 0.407 e. The highest BCUT2D eigenvalue weighted by Gasteiger charge is 2.58. The molecule has 16 heavy (non-hydrogen) atoms. The van der Waals surface area contributed by atoms with Gasteiger partial charge in [-0.2, -0.15) is 0 Å². The molecule has 2 rings (SSSR count). The molecule has 2 aliphatic rings. The predicted octanol–water partition coefficient (Wildman–Crippen LogP) is 1.07. The van der Waals surface area contributed by atoms with Gasteiger partial charge in [0.05, 0.1) is 19.3 Å². The lowest BCUT2D eigenvalue weighted by Crippen LogP contribution is -2.42. The first-order valence-corrected chi connectivity index (χ1v) is 5.64. The first-order valence-electron chi connectivity index (χ1n) is 5.64. The summed E-state index contributed by atoms with van der Waals surface area (Å²) in [4.78, 5) is 11.4. The van der Waals surface area contributed by atoms with Crippen LogP contribution in [0.2, 0.25) is 0 Å². The van der Waals surface area contributed by atoms with Crippen molar-refractivity contribution >= 4 is 6.09 Å². The molecule has 2 fully saturated rings. The van der Waals surface area contributed by atoms with Crippen molar-refractivity contribution in [2.24, 2.45) is 0 Å². The fourth-order valence-electron chi connectivity index (χ4n) is 1.88. The number of hydrogen-bond donors (Lipinski definition) is 1. The molecular weight excluding hydrogens is 210 g/mol. The fourth-order valence-corrected chi connectivity index (χ4v) is 1.88. The van der Waals surface area contributed by atoms with E-state index in [9.17, 15) is 4.79 Å². The van der Waals surface area contributed by atoms with Crippen LogP contribution < -0.4 is 5.32 Å². The van der Waals surface area contributed by atoms with Crippen molar-refractivity contribution in [2.75, 3.05) is 19.8 Å². The largest absolute Gasteiger partial charge is 0.444 e. The number of fused-ring (bicyclic) bond motifs is 1. The Morgan fingerprint density at radius 3 is 2.94 bits per heavy atom. The Morgan fingerprint density at radius 1 is 1.56 bits per heavy atom. The fraction of sp³-hybridized carbons (Fsp3) is 0.909. The van der Waals surface area contributed by atoms with Crippen LogP contribution in [0, 0.1) is 0 Å². The van der Waals surface area contributed by atoms with Gasteiger partial charge in [0.1, 0.15) is 11.2 Å². The van der Waals surface area contributed by atoms with Crippen LogP contribution in [-0.4, -0.2) is 43.2 Å². The number of epoxide rings is 1. The monoisotopic (exact) mass is 229 g/mol. The van der Waals surface area contributed by atoms with E-state index in [0.29, 0.717) is 13.2 Å². The van der Waals surface area contributed by atoms with Gasteiger partial charge in [0, 0.05) is 6.61 Å². The van der Waals surface area contributed by atoms with Crippen molar-refractivity contribution in [1.29, 1.82) is 0 Å². The second-order valence-corrected chi connectivity index (χ2v) is 5.37. The number of alkyl carbamates (subject to hydrolysis) is 1. The zero-order valence-electron chi connectivity index (χ0n) is 10.0. The van der Waals surface area contributed by atoms with Gasteiger partial charge in [-0.15, -0.1) is 0 Å². The number of ether oxygens (including phenoxy) is 3. The number of carbonyl (C=O) groups excluding carboxylic acids is 1. The Labute approximate surface area is 95.4 Å². The standard InChI is InChI=1S/C11H19NO4/c1-10(2,3)16-9(13)12-6-11-7-14-5-4-8(11)15-11/h8H,4-7H2,1-3H3,(H,12,13). The molecule has 2 aliphatic heterocycles. The van der Waals surface area contributed by atoms with Crippen molar-refractivity contribution in [3.63, 3.8) is 0 Å². The molecule has 1 amide bonds. The van der Waals surface area contributed by atoms with Crippen LogP contribution in [0.3, 0.4) is 0 Å². The number of hydrogen-bond acceptors (Lipinski definition) is 4. The summed E-state index contributed by atoms with van der Waals surface area (Å²) in [5.41, 5.74) is -0.746. The maximum atomic E-state index is 11.4. The number of amides is 1. The van der Waals surface area contributed by atoms with E-state index in [1.165, 1.54) is 0 Å². The molecule has 2 atom stereocenters. The van der Waals surface area contributed by atoms with Gasteiger partial charge in [0.25, 0.3) is 0 Å². The highest BCUT2D eigenvalue weighted by Crippen LogP contribution is 2.41. The SMILES string of the molecule is CC(C)(C)OC(=O)NCC12COCCC1O2. The lowest BCUT2D eigenvalue weighted by molar-refractivity contribution is 0.0450. The van der Waals surface area contributed by atoms with E-state index in [1.807, 2.05) is 20.8 Å². The van der Waals surface area contributed by atoms with Crippen LogP contribution in [-0.2, 0) is 14.2 Å². The molecule has 92 valence electrons. The van der Waals surface area contributed by atoms with Gasteiger partial charge in [-0.25, -0.2) is 4.79 Å². The first-order chi connectivity index (χ1) is 7.41. The van der Waals surface area contributed by atoms with Crippen LogP contribution in [0.4, 0.5) is 4.79 Å². The molecule has 0 bridgehead atoms. The predicted molar refractivity (Wildman–Crippen MR) is 57.3 cm³/mol. The summed E-state index contributed by atoms with van der Waals surface area (Å²) in [5.74, 6) is 0. The highest BCUT2D eigenvalue weighted by atomic mass is 16.6. The van der Waals surface area contributed by atoms with Gasteiger partial charge in [-0.1, -0.05) is 0 Å². The number of carbonyl (C=O) groups is 1. The normalized spacial score (nSPS) is 32.8. The Kier molecular flexibility index (Phi) is 2.84. The molecule has 2 unspecified atom stereocenters. The van der Waals surface area contributed by atoms with E-state index >= 15 is 0 Å².